The second-order valence-corrected chi connectivity index (χ2v) is 6.38. The van der Waals surface area contributed by atoms with Crippen molar-refractivity contribution in [2.75, 3.05) is 11.1 Å². The number of sulfone groups is 1. The summed E-state index contributed by atoms with van der Waals surface area (Å²) in [5, 5.41) is 3.27. The van der Waals surface area contributed by atoms with Crippen LogP contribution in [0.4, 0.5) is 5.69 Å². The van der Waals surface area contributed by atoms with Crippen molar-refractivity contribution >= 4 is 15.5 Å². The van der Waals surface area contributed by atoms with Crippen molar-refractivity contribution in [2.45, 2.75) is 10.9 Å². The molecule has 0 aliphatic carbocycles. The Labute approximate surface area is 106 Å². The maximum absolute atomic E-state index is 12.0. The lowest BCUT2D eigenvalue weighted by atomic mass is 10.1. The summed E-state index contributed by atoms with van der Waals surface area (Å²) in [6.07, 6.45) is 0. The van der Waals surface area contributed by atoms with Gasteiger partial charge in [0.05, 0.1) is 16.7 Å². The van der Waals surface area contributed by atoms with Gasteiger partial charge in [-0.2, -0.15) is 0 Å². The number of hydrogen-bond donors (Lipinski definition) is 1. The molecule has 0 bridgehead atoms. The van der Waals surface area contributed by atoms with Crippen molar-refractivity contribution in [1.82, 2.24) is 0 Å². The molecule has 3 rings (SSSR count). The number of benzene rings is 2. The molecule has 92 valence electrons. The summed E-state index contributed by atoms with van der Waals surface area (Å²) in [6, 6.07) is 16.7. The summed E-state index contributed by atoms with van der Waals surface area (Å²) in [5.74, 6) is 0.126. The summed E-state index contributed by atoms with van der Waals surface area (Å²) in [7, 11) is -3.14. The summed E-state index contributed by atoms with van der Waals surface area (Å²) in [5.41, 5.74) is 1.80. The molecule has 1 atom stereocenters. The van der Waals surface area contributed by atoms with Crippen LogP contribution in [0.2, 0.25) is 0 Å². The minimum atomic E-state index is -3.14. The van der Waals surface area contributed by atoms with Gasteiger partial charge < -0.3 is 5.32 Å². The Morgan fingerprint density at radius 1 is 0.944 bits per heavy atom. The van der Waals surface area contributed by atoms with Gasteiger partial charge in [-0.25, -0.2) is 8.42 Å². The summed E-state index contributed by atoms with van der Waals surface area (Å²) >= 11 is 0. The zero-order chi connectivity index (χ0) is 12.6. The molecule has 0 saturated heterocycles. The van der Waals surface area contributed by atoms with Gasteiger partial charge in [-0.1, -0.05) is 36.4 Å². The molecule has 1 aliphatic rings. The van der Waals surface area contributed by atoms with Crippen molar-refractivity contribution in [3.8, 4) is 0 Å². The van der Waals surface area contributed by atoms with Gasteiger partial charge in [-0.3, -0.25) is 0 Å². The van der Waals surface area contributed by atoms with E-state index in [0.29, 0.717) is 4.90 Å². The van der Waals surface area contributed by atoms with E-state index in [0.717, 1.165) is 11.3 Å². The zero-order valence-electron chi connectivity index (χ0n) is 9.71. The van der Waals surface area contributed by atoms with E-state index in [9.17, 15) is 8.42 Å². The third kappa shape index (κ3) is 1.88. The van der Waals surface area contributed by atoms with E-state index < -0.39 is 9.84 Å². The lowest BCUT2D eigenvalue weighted by molar-refractivity contribution is 0.598. The van der Waals surface area contributed by atoms with Gasteiger partial charge in [0.2, 0.25) is 0 Å². The first kappa shape index (κ1) is 11.3. The Kier molecular flexibility index (Phi) is 2.59. The van der Waals surface area contributed by atoms with E-state index >= 15 is 0 Å². The smallest absolute Gasteiger partial charge is 0.181 e. The van der Waals surface area contributed by atoms with Crippen LogP contribution in [0.3, 0.4) is 0 Å². The van der Waals surface area contributed by atoms with E-state index in [-0.39, 0.29) is 11.8 Å². The molecule has 1 heterocycles. The zero-order valence-corrected chi connectivity index (χ0v) is 10.5. The van der Waals surface area contributed by atoms with Gasteiger partial charge in [0, 0.05) is 5.69 Å². The minimum absolute atomic E-state index is 0.126. The number of hydrogen-bond acceptors (Lipinski definition) is 3. The van der Waals surface area contributed by atoms with Crippen LogP contribution in [0.5, 0.6) is 0 Å². The van der Waals surface area contributed by atoms with Crippen LogP contribution in [-0.2, 0) is 9.84 Å². The van der Waals surface area contributed by atoms with Crippen molar-refractivity contribution in [3.63, 3.8) is 0 Å². The molecule has 1 N–H and O–H groups in total. The normalized spacial score (nSPS) is 20.3. The first-order valence-electron chi connectivity index (χ1n) is 5.80. The molecule has 0 radical (unpaired) electrons. The van der Waals surface area contributed by atoms with Crippen LogP contribution in [0.25, 0.3) is 0 Å². The third-order valence-corrected chi connectivity index (χ3v) is 4.94. The fraction of sp³-hybridized carbons (Fsp3) is 0.143. The first-order valence-corrected chi connectivity index (χ1v) is 7.45. The Hall–Kier alpha value is -1.81. The van der Waals surface area contributed by atoms with Crippen LogP contribution in [0.15, 0.2) is 59.5 Å². The minimum Gasteiger partial charge on any atom is -0.377 e. The highest BCUT2D eigenvalue weighted by molar-refractivity contribution is 7.91. The molecule has 0 spiro atoms. The van der Waals surface area contributed by atoms with Gasteiger partial charge in [-0.05, 0) is 23.8 Å². The third-order valence-electron chi connectivity index (χ3n) is 3.13. The van der Waals surface area contributed by atoms with Gasteiger partial charge in [0.25, 0.3) is 0 Å². The Morgan fingerprint density at radius 2 is 1.61 bits per heavy atom. The SMILES string of the molecule is O=S1(=O)CC(Nc2ccccc2)c2ccccc21. The predicted molar refractivity (Wildman–Crippen MR) is 71.3 cm³/mol. The molecule has 18 heavy (non-hydrogen) atoms. The predicted octanol–water partition coefficient (Wildman–Crippen LogP) is 2.63. The molecule has 1 aliphatic heterocycles. The lowest BCUT2D eigenvalue weighted by Gasteiger charge is -2.13. The van der Waals surface area contributed by atoms with E-state index in [1.165, 1.54) is 0 Å². The Bertz CT molecular complexity index is 665. The van der Waals surface area contributed by atoms with Gasteiger partial charge >= 0.3 is 0 Å². The van der Waals surface area contributed by atoms with Crippen molar-refractivity contribution < 1.29 is 8.42 Å². The van der Waals surface area contributed by atoms with Crippen molar-refractivity contribution in [2.24, 2.45) is 0 Å². The highest BCUT2D eigenvalue weighted by Crippen LogP contribution is 2.35. The molecule has 2 aromatic rings. The monoisotopic (exact) mass is 259 g/mol. The molecule has 0 amide bonds. The van der Waals surface area contributed by atoms with Crippen molar-refractivity contribution in [3.05, 3.63) is 60.2 Å². The molecule has 0 aromatic heterocycles. The number of nitrogens with one attached hydrogen (secondary N) is 1. The highest BCUT2D eigenvalue weighted by atomic mass is 32.2. The van der Waals surface area contributed by atoms with Gasteiger partial charge in [0.15, 0.2) is 9.84 Å². The van der Waals surface area contributed by atoms with E-state index in [2.05, 4.69) is 5.32 Å². The van der Waals surface area contributed by atoms with Gasteiger partial charge in [0.1, 0.15) is 0 Å². The molecule has 0 fully saturated rings. The molecule has 2 aromatic carbocycles. The summed E-state index contributed by atoms with van der Waals surface area (Å²) < 4.78 is 24.0. The largest absolute Gasteiger partial charge is 0.377 e. The second-order valence-electron chi connectivity index (χ2n) is 4.38. The molecular weight excluding hydrogens is 246 g/mol. The van der Waals surface area contributed by atoms with Gasteiger partial charge in [-0.15, -0.1) is 0 Å². The van der Waals surface area contributed by atoms with Crippen LogP contribution >= 0.6 is 0 Å². The van der Waals surface area contributed by atoms with Crippen LogP contribution in [-0.4, -0.2) is 14.2 Å². The maximum Gasteiger partial charge on any atom is 0.181 e. The maximum atomic E-state index is 12.0. The average Bonchev–Trinajstić information content (AvgIpc) is 2.63. The molecular formula is C14H13NO2S. The van der Waals surface area contributed by atoms with Crippen molar-refractivity contribution in [1.29, 1.82) is 0 Å². The second kappa shape index (κ2) is 4.14. The summed E-state index contributed by atoms with van der Waals surface area (Å²) in [6.45, 7) is 0. The fourth-order valence-electron chi connectivity index (χ4n) is 2.31. The standard InChI is InChI=1S/C14H13NO2S/c16-18(17)10-13(12-8-4-5-9-14(12)18)15-11-6-2-1-3-7-11/h1-9,13,15H,10H2. The molecule has 0 saturated carbocycles. The molecule has 4 heteroatoms. The lowest BCUT2D eigenvalue weighted by Crippen LogP contribution is -2.12. The van der Waals surface area contributed by atoms with E-state index in [4.69, 9.17) is 0 Å². The quantitative estimate of drug-likeness (QED) is 0.901. The summed E-state index contributed by atoms with van der Waals surface area (Å²) in [4.78, 5) is 0.457. The van der Waals surface area contributed by atoms with Crippen LogP contribution in [0, 0.1) is 0 Å². The van der Waals surface area contributed by atoms with Crippen LogP contribution in [0.1, 0.15) is 11.6 Å². The molecule has 3 nitrogen and oxygen atoms in total. The number of rotatable bonds is 2. The fourth-order valence-corrected chi connectivity index (χ4v) is 4.04. The Morgan fingerprint density at radius 3 is 2.39 bits per heavy atom. The molecule has 1 unspecified atom stereocenters. The van der Waals surface area contributed by atoms with E-state index in [1.807, 2.05) is 42.5 Å². The van der Waals surface area contributed by atoms with E-state index in [1.54, 1.807) is 12.1 Å². The Balaban J connectivity index is 1.97. The average molecular weight is 259 g/mol. The highest BCUT2D eigenvalue weighted by Gasteiger charge is 2.34. The number of para-hydroxylation sites is 1. The first-order chi connectivity index (χ1) is 8.67. The number of fused-ring (bicyclic) bond motifs is 1. The number of anilines is 1. The topological polar surface area (TPSA) is 46.2 Å². The van der Waals surface area contributed by atoms with Crippen LogP contribution < -0.4 is 5.32 Å².